The van der Waals surface area contributed by atoms with Gasteiger partial charge in [-0.25, -0.2) is 0 Å². The predicted octanol–water partition coefficient (Wildman–Crippen LogP) is 4.98. The number of hydrogen-bond acceptors (Lipinski definition) is 7. The molecule has 202 valence electrons. The SMILES string of the molecule is O=C(NC1CCN(Cc2ccncc2)CC1)c1cc2ccc(OC3CCN(c4ccc(O)cc4)CC3)cc2o1. The Kier molecular flexibility index (Phi) is 7.36. The first-order valence-electron chi connectivity index (χ1n) is 13.8. The number of amides is 1. The lowest BCUT2D eigenvalue weighted by atomic mass is 10.0. The van der Waals surface area contributed by atoms with Gasteiger partial charge in [0.1, 0.15) is 23.2 Å². The number of nitrogens with one attached hydrogen (secondary N) is 1. The molecule has 1 amide bonds. The van der Waals surface area contributed by atoms with E-state index in [1.54, 1.807) is 12.1 Å². The number of aromatic hydroxyl groups is 1. The van der Waals surface area contributed by atoms with Crippen LogP contribution >= 0.6 is 0 Å². The monoisotopic (exact) mass is 526 g/mol. The van der Waals surface area contributed by atoms with Crippen molar-refractivity contribution < 1.29 is 19.1 Å². The van der Waals surface area contributed by atoms with Crippen molar-refractivity contribution in [1.82, 2.24) is 15.2 Å². The van der Waals surface area contributed by atoms with E-state index in [0.717, 1.165) is 75.2 Å². The van der Waals surface area contributed by atoms with Crippen LogP contribution in [0.1, 0.15) is 41.8 Å². The van der Waals surface area contributed by atoms with Crippen LogP contribution in [0, 0.1) is 0 Å². The number of fused-ring (bicyclic) bond motifs is 1. The fraction of sp³-hybridized carbons (Fsp3) is 0.355. The van der Waals surface area contributed by atoms with Gasteiger partial charge in [0, 0.05) is 81.1 Å². The van der Waals surface area contributed by atoms with Crippen LogP contribution in [0.2, 0.25) is 0 Å². The number of benzene rings is 2. The number of carbonyl (C=O) groups excluding carboxylic acids is 1. The summed E-state index contributed by atoms with van der Waals surface area (Å²) in [6.07, 6.45) is 7.43. The lowest BCUT2D eigenvalue weighted by Crippen LogP contribution is -2.44. The zero-order valence-electron chi connectivity index (χ0n) is 22.0. The smallest absolute Gasteiger partial charge is 0.287 e. The molecule has 2 fully saturated rings. The number of phenolic OH excluding ortho intramolecular Hbond substituents is 1. The van der Waals surface area contributed by atoms with Crippen molar-refractivity contribution in [2.24, 2.45) is 0 Å². The van der Waals surface area contributed by atoms with Crippen molar-refractivity contribution >= 4 is 22.6 Å². The molecular formula is C31H34N4O4. The number of nitrogens with zero attached hydrogens (tertiary/aromatic N) is 3. The summed E-state index contributed by atoms with van der Waals surface area (Å²) in [6, 6.07) is 19.2. The van der Waals surface area contributed by atoms with Gasteiger partial charge in [0.25, 0.3) is 5.91 Å². The van der Waals surface area contributed by atoms with Crippen LogP contribution in [0.5, 0.6) is 11.5 Å². The van der Waals surface area contributed by atoms with Crippen molar-refractivity contribution in [3.63, 3.8) is 0 Å². The topological polar surface area (TPSA) is 91.1 Å². The number of aromatic nitrogens is 1. The number of pyridine rings is 1. The quantitative estimate of drug-likeness (QED) is 0.351. The average Bonchev–Trinajstić information content (AvgIpc) is 3.39. The van der Waals surface area contributed by atoms with E-state index >= 15 is 0 Å². The Hall–Kier alpha value is -4.04. The van der Waals surface area contributed by atoms with Crippen molar-refractivity contribution in [3.05, 3.63) is 84.4 Å². The van der Waals surface area contributed by atoms with Crippen LogP contribution in [-0.4, -0.2) is 59.2 Å². The average molecular weight is 527 g/mol. The molecule has 39 heavy (non-hydrogen) atoms. The van der Waals surface area contributed by atoms with Crippen LogP contribution in [0.4, 0.5) is 5.69 Å². The van der Waals surface area contributed by atoms with E-state index in [1.807, 2.05) is 60.9 Å². The highest BCUT2D eigenvalue weighted by Gasteiger charge is 2.24. The maximum absolute atomic E-state index is 12.9. The van der Waals surface area contributed by atoms with Crippen LogP contribution in [0.3, 0.4) is 0 Å². The molecule has 2 N–H and O–H groups in total. The van der Waals surface area contributed by atoms with Crippen LogP contribution in [-0.2, 0) is 6.54 Å². The summed E-state index contributed by atoms with van der Waals surface area (Å²) >= 11 is 0. The highest BCUT2D eigenvalue weighted by atomic mass is 16.5. The third kappa shape index (κ3) is 6.17. The summed E-state index contributed by atoms with van der Waals surface area (Å²) < 4.78 is 12.2. The van der Waals surface area contributed by atoms with E-state index < -0.39 is 0 Å². The number of anilines is 1. The first kappa shape index (κ1) is 25.2. The maximum Gasteiger partial charge on any atom is 0.287 e. The zero-order valence-corrected chi connectivity index (χ0v) is 22.0. The lowest BCUT2D eigenvalue weighted by Gasteiger charge is -2.33. The Morgan fingerprint density at radius 3 is 2.44 bits per heavy atom. The van der Waals surface area contributed by atoms with Gasteiger partial charge in [0.15, 0.2) is 5.76 Å². The van der Waals surface area contributed by atoms with E-state index in [4.69, 9.17) is 9.15 Å². The Labute approximate surface area is 228 Å². The summed E-state index contributed by atoms with van der Waals surface area (Å²) in [5, 5.41) is 13.6. The van der Waals surface area contributed by atoms with Crippen LogP contribution in [0.25, 0.3) is 11.0 Å². The maximum atomic E-state index is 12.9. The molecule has 2 aliphatic heterocycles. The molecule has 8 nitrogen and oxygen atoms in total. The second-order valence-electron chi connectivity index (χ2n) is 10.5. The molecule has 0 aliphatic carbocycles. The minimum absolute atomic E-state index is 0.123. The molecule has 2 aliphatic rings. The summed E-state index contributed by atoms with van der Waals surface area (Å²) in [6.45, 7) is 4.59. The summed E-state index contributed by atoms with van der Waals surface area (Å²) in [5.74, 6) is 1.21. The molecule has 4 heterocycles. The molecule has 0 spiro atoms. The van der Waals surface area contributed by atoms with Crippen molar-refractivity contribution in [3.8, 4) is 11.5 Å². The molecule has 0 atom stereocenters. The van der Waals surface area contributed by atoms with Gasteiger partial charge in [-0.15, -0.1) is 0 Å². The Morgan fingerprint density at radius 1 is 0.949 bits per heavy atom. The molecule has 2 aromatic heterocycles. The standard InChI is InChI=1S/C31H34N4O4/c36-26-4-2-25(3-5-26)35-17-11-27(12-18-35)38-28-6-1-23-19-30(39-29(23)20-28)31(37)33-24-9-15-34(16-10-24)21-22-7-13-32-14-8-22/h1-8,13-14,19-20,24,27,36H,9-12,15-18,21H2,(H,33,37). The largest absolute Gasteiger partial charge is 0.508 e. The van der Waals surface area contributed by atoms with Crippen LogP contribution < -0.4 is 15.0 Å². The van der Waals surface area contributed by atoms with E-state index in [2.05, 4.69) is 20.1 Å². The second-order valence-corrected chi connectivity index (χ2v) is 10.5. The second kappa shape index (κ2) is 11.4. The fourth-order valence-corrected chi connectivity index (χ4v) is 5.52. The predicted molar refractivity (Wildman–Crippen MR) is 150 cm³/mol. The highest BCUT2D eigenvalue weighted by Crippen LogP contribution is 2.28. The highest BCUT2D eigenvalue weighted by molar-refractivity contribution is 5.96. The van der Waals surface area contributed by atoms with Gasteiger partial charge in [-0.05, 0) is 73.0 Å². The molecule has 2 saturated heterocycles. The minimum atomic E-state index is -0.164. The van der Waals surface area contributed by atoms with Gasteiger partial charge < -0.3 is 24.5 Å². The summed E-state index contributed by atoms with van der Waals surface area (Å²) in [4.78, 5) is 21.8. The summed E-state index contributed by atoms with van der Waals surface area (Å²) in [5.41, 5.74) is 3.04. The van der Waals surface area contributed by atoms with Crippen molar-refractivity contribution in [1.29, 1.82) is 0 Å². The third-order valence-electron chi connectivity index (χ3n) is 7.75. The number of phenols is 1. The van der Waals surface area contributed by atoms with Gasteiger partial charge >= 0.3 is 0 Å². The number of furan rings is 1. The molecular weight excluding hydrogens is 492 g/mol. The third-order valence-corrected chi connectivity index (χ3v) is 7.75. The van der Waals surface area contributed by atoms with E-state index in [-0.39, 0.29) is 23.8 Å². The Morgan fingerprint density at radius 2 is 1.69 bits per heavy atom. The first-order chi connectivity index (χ1) is 19.1. The van der Waals surface area contributed by atoms with E-state index in [1.165, 1.54) is 5.56 Å². The number of carbonyl (C=O) groups is 1. The Balaban J connectivity index is 0.999. The molecule has 4 aromatic rings. The summed E-state index contributed by atoms with van der Waals surface area (Å²) in [7, 11) is 0. The normalized spacial score (nSPS) is 17.4. The van der Waals surface area contributed by atoms with Gasteiger partial charge in [0.2, 0.25) is 0 Å². The minimum Gasteiger partial charge on any atom is -0.508 e. The van der Waals surface area contributed by atoms with Gasteiger partial charge in [-0.1, -0.05) is 0 Å². The number of ether oxygens (including phenoxy) is 1. The molecule has 8 heteroatoms. The molecule has 0 saturated carbocycles. The number of hydrogen-bond donors (Lipinski definition) is 2. The van der Waals surface area contributed by atoms with Crippen molar-refractivity contribution in [2.75, 3.05) is 31.1 Å². The first-order valence-corrected chi connectivity index (χ1v) is 13.8. The molecule has 0 bridgehead atoms. The molecule has 0 unspecified atom stereocenters. The Bertz CT molecular complexity index is 1390. The molecule has 0 radical (unpaired) electrons. The molecule has 6 rings (SSSR count). The van der Waals surface area contributed by atoms with Crippen molar-refractivity contribution in [2.45, 2.75) is 44.4 Å². The van der Waals surface area contributed by atoms with Crippen LogP contribution in [0.15, 0.2) is 77.5 Å². The van der Waals surface area contributed by atoms with Gasteiger partial charge in [-0.3, -0.25) is 14.7 Å². The number of piperidine rings is 2. The lowest BCUT2D eigenvalue weighted by molar-refractivity contribution is 0.0883. The van der Waals surface area contributed by atoms with E-state index in [9.17, 15) is 9.90 Å². The molecule has 2 aromatic carbocycles. The van der Waals surface area contributed by atoms with Gasteiger partial charge in [0.05, 0.1) is 0 Å². The fourth-order valence-electron chi connectivity index (χ4n) is 5.52. The number of likely N-dealkylation sites (tertiary alicyclic amines) is 1. The number of rotatable bonds is 7. The zero-order chi connectivity index (χ0) is 26.6. The van der Waals surface area contributed by atoms with Gasteiger partial charge in [-0.2, -0.15) is 0 Å². The van der Waals surface area contributed by atoms with E-state index in [0.29, 0.717) is 11.3 Å².